The molecule has 0 aliphatic carbocycles. The van der Waals surface area contributed by atoms with Gasteiger partial charge < -0.3 is 9.72 Å². The lowest BCUT2D eigenvalue weighted by Gasteiger charge is -2.10. The molecular formula is C16H15BrN2OS. The van der Waals surface area contributed by atoms with Gasteiger partial charge in [-0.05, 0) is 56.4 Å². The lowest BCUT2D eigenvalue weighted by atomic mass is 10.2. The van der Waals surface area contributed by atoms with Gasteiger partial charge in [0.05, 0.1) is 11.6 Å². The number of nitrogens with one attached hydrogen (secondary N) is 1. The zero-order chi connectivity index (χ0) is 15.0. The molecule has 0 saturated heterocycles. The molecule has 3 nitrogen and oxygen atoms in total. The fourth-order valence-corrected chi connectivity index (χ4v) is 3.02. The molecule has 108 valence electrons. The highest BCUT2D eigenvalue weighted by Gasteiger charge is 2.11. The number of ether oxygens (including phenoxy) is 1. The Bertz CT molecular complexity index is 851. The van der Waals surface area contributed by atoms with Gasteiger partial charge in [0, 0.05) is 10.2 Å². The Balaban J connectivity index is 2.25. The predicted octanol–water partition coefficient (Wildman–Crippen LogP) is 5.24. The predicted molar refractivity (Wildman–Crippen MR) is 91.9 cm³/mol. The second-order valence-electron chi connectivity index (χ2n) is 5.06. The molecule has 2 aromatic carbocycles. The second kappa shape index (κ2) is 5.66. The van der Waals surface area contributed by atoms with E-state index in [2.05, 4.69) is 20.9 Å². The van der Waals surface area contributed by atoms with E-state index in [9.17, 15) is 0 Å². The lowest BCUT2D eigenvalue weighted by Crippen LogP contribution is -2.05. The van der Waals surface area contributed by atoms with Crippen molar-refractivity contribution in [1.29, 1.82) is 0 Å². The van der Waals surface area contributed by atoms with Crippen LogP contribution < -0.4 is 4.74 Å². The molecule has 3 rings (SSSR count). The SMILES string of the molecule is CC(C)Oc1cccc2c1[nH]c(=S)n2-c1cccc(Br)c1. The zero-order valence-corrected chi connectivity index (χ0v) is 14.2. The smallest absolute Gasteiger partial charge is 0.182 e. The highest BCUT2D eigenvalue weighted by Crippen LogP contribution is 2.28. The molecule has 1 aromatic heterocycles. The van der Waals surface area contributed by atoms with E-state index in [1.54, 1.807) is 0 Å². The average Bonchev–Trinajstić information content (AvgIpc) is 2.75. The van der Waals surface area contributed by atoms with Crippen molar-refractivity contribution in [3.8, 4) is 11.4 Å². The molecule has 0 amide bonds. The van der Waals surface area contributed by atoms with Gasteiger partial charge in [0.15, 0.2) is 4.77 Å². The summed E-state index contributed by atoms with van der Waals surface area (Å²) < 4.78 is 9.55. The molecule has 21 heavy (non-hydrogen) atoms. The number of H-pyrrole nitrogens is 1. The van der Waals surface area contributed by atoms with E-state index >= 15 is 0 Å². The average molecular weight is 363 g/mol. The van der Waals surface area contributed by atoms with Crippen LogP contribution in [0.3, 0.4) is 0 Å². The number of halogens is 1. The third-order valence-electron chi connectivity index (χ3n) is 3.11. The summed E-state index contributed by atoms with van der Waals surface area (Å²) in [5.41, 5.74) is 2.95. The monoisotopic (exact) mass is 362 g/mol. The Morgan fingerprint density at radius 3 is 2.67 bits per heavy atom. The molecule has 0 radical (unpaired) electrons. The first-order valence-electron chi connectivity index (χ1n) is 6.72. The van der Waals surface area contributed by atoms with Crippen molar-refractivity contribution in [2.45, 2.75) is 20.0 Å². The van der Waals surface area contributed by atoms with Crippen LogP contribution in [-0.2, 0) is 0 Å². The van der Waals surface area contributed by atoms with Crippen LogP contribution in [-0.4, -0.2) is 15.7 Å². The van der Waals surface area contributed by atoms with Crippen molar-refractivity contribution in [3.05, 3.63) is 51.7 Å². The van der Waals surface area contributed by atoms with Crippen LogP contribution >= 0.6 is 28.1 Å². The third kappa shape index (κ3) is 2.76. The number of aromatic amines is 1. The number of hydrogen-bond acceptors (Lipinski definition) is 2. The Morgan fingerprint density at radius 1 is 1.19 bits per heavy atom. The topological polar surface area (TPSA) is 29.9 Å². The number of fused-ring (bicyclic) bond motifs is 1. The van der Waals surface area contributed by atoms with Crippen molar-refractivity contribution in [3.63, 3.8) is 0 Å². The van der Waals surface area contributed by atoms with Gasteiger partial charge in [0.25, 0.3) is 0 Å². The Labute approximate surface area is 136 Å². The summed E-state index contributed by atoms with van der Waals surface area (Å²) in [6.07, 6.45) is 0.117. The van der Waals surface area contributed by atoms with Crippen LogP contribution in [0.4, 0.5) is 0 Å². The van der Waals surface area contributed by atoms with Gasteiger partial charge >= 0.3 is 0 Å². The first-order valence-corrected chi connectivity index (χ1v) is 7.93. The van der Waals surface area contributed by atoms with Gasteiger partial charge in [-0.15, -0.1) is 0 Å². The fourth-order valence-electron chi connectivity index (χ4n) is 2.33. The molecule has 0 aliphatic rings. The molecule has 0 atom stereocenters. The van der Waals surface area contributed by atoms with Crippen LogP contribution in [0.15, 0.2) is 46.9 Å². The maximum atomic E-state index is 5.86. The Morgan fingerprint density at radius 2 is 1.95 bits per heavy atom. The van der Waals surface area contributed by atoms with E-state index in [1.807, 2.05) is 60.9 Å². The van der Waals surface area contributed by atoms with Crippen LogP contribution in [0.5, 0.6) is 5.75 Å². The van der Waals surface area contributed by atoms with Gasteiger partial charge in [-0.25, -0.2) is 0 Å². The minimum absolute atomic E-state index is 0.117. The normalized spacial score (nSPS) is 11.2. The first-order chi connectivity index (χ1) is 10.1. The second-order valence-corrected chi connectivity index (χ2v) is 6.36. The molecule has 0 spiro atoms. The maximum absolute atomic E-state index is 5.86. The third-order valence-corrected chi connectivity index (χ3v) is 3.89. The van der Waals surface area contributed by atoms with E-state index in [0.717, 1.165) is 26.9 Å². The number of rotatable bonds is 3. The number of nitrogens with zero attached hydrogens (tertiary/aromatic N) is 1. The van der Waals surface area contributed by atoms with Gasteiger partial charge in [0.1, 0.15) is 11.3 Å². The van der Waals surface area contributed by atoms with Gasteiger partial charge in [0.2, 0.25) is 0 Å². The molecule has 0 fully saturated rings. The minimum Gasteiger partial charge on any atom is -0.489 e. The van der Waals surface area contributed by atoms with Gasteiger partial charge in [-0.3, -0.25) is 4.57 Å². The quantitative estimate of drug-likeness (QED) is 0.645. The van der Waals surface area contributed by atoms with Crippen LogP contribution in [0.2, 0.25) is 0 Å². The van der Waals surface area contributed by atoms with E-state index in [-0.39, 0.29) is 6.10 Å². The summed E-state index contributed by atoms with van der Waals surface area (Å²) in [4.78, 5) is 3.26. The van der Waals surface area contributed by atoms with E-state index in [0.29, 0.717) is 4.77 Å². The lowest BCUT2D eigenvalue weighted by molar-refractivity contribution is 0.245. The fraction of sp³-hybridized carbons (Fsp3) is 0.188. The number of benzene rings is 2. The summed E-state index contributed by atoms with van der Waals surface area (Å²) >= 11 is 8.99. The van der Waals surface area contributed by atoms with Gasteiger partial charge in [-0.1, -0.05) is 28.1 Å². The molecule has 1 heterocycles. The van der Waals surface area contributed by atoms with Gasteiger partial charge in [-0.2, -0.15) is 0 Å². The maximum Gasteiger partial charge on any atom is 0.182 e. The molecule has 0 saturated carbocycles. The standard InChI is InChI=1S/C16H15BrN2OS/c1-10(2)20-14-8-4-7-13-15(14)18-16(21)19(13)12-6-3-5-11(17)9-12/h3-10H,1-2H3,(H,18,21). The molecule has 0 unspecified atom stereocenters. The van der Waals surface area contributed by atoms with E-state index in [1.165, 1.54) is 0 Å². The number of para-hydroxylation sites is 1. The van der Waals surface area contributed by atoms with Crippen LogP contribution in [0, 0.1) is 4.77 Å². The molecule has 1 N–H and O–H groups in total. The van der Waals surface area contributed by atoms with Crippen LogP contribution in [0.25, 0.3) is 16.7 Å². The van der Waals surface area contributed by atoms with E-state index < -0.39 is 0 Å². The highest BCUT2D eigenvalue weighted by molar-refractivity contribution is 9.10. The molecule has 3 aromatic rings. The summed E-state index contributed by atoms with van der Waals surface area (Å²) in [5.74, 6) is 0.822. The molecular weight excluding hydrogens is 348 g/mol. The largest absolute Gasteiger partial charge is 0.489 e. The summed E-state index contributed by atoms with van der Waals surface area (Å²) in [6, 6.07) is 14.0. The summed E-state index contributed by atoms with van der Waals surface area (Å²) in [6.45, 7) is 4.03. The number of imidazole rings is 1. The highest BCUT2D eigenvalue weighted by atomic mass is 79.9. The molecule has 0 bridgehead atoms. The number of aromatic nitrogens is 2. The molecule has 5 heteroatoms. The van der Waals surface area contributed by atoms with Crippen LogP contribution in [0.1, 0.15) is 13.8 Å². The van der Waals surface area contributed by atoms with Crippen molar-refractivity contribution >= 4 is 39.2 Å². The summed E-state index contributed by atoms with van der Waals surface area (Å²) in [7, 11) is 0. The number of hydrogen-bond donors (Lipinski definition) is 1. The Kier molecular flexibility index (Phi) is 3.87. The zero-order valence-electron chi connectivity index (χ0n) is 11.8. The van der Waals surface area contributed by atoms with Crippen molar-refractivity contribution in [2.75, 3.05) is 0 Å². The minimum atomic E-state index is 0.117. The van der Waals surface area contributed by atoms with Crippen molar-refractivity contribution in [1.82, 2.24) is 9.55 Å². The summed E-state index contributed by atoms with van der Waals surface area (Å²) in [5, 5.41) is 0. The Hall–Kier alpha value is -1.59. The molecule has 0 aliphatic heterocycles. The van der Waals surface area contributed by atoms with E-state index in [4.69, 9.17) is 17.0 Å². The van der Waals surface area contributed by atoms with Crippen molar-refractivity contribution < 1.29 is 4.74 Å². The first kappa shape index (κ1) is 14.4. The van der Waals surface area contributed by atoms with Crippen molar-refractivity contribution in [2.24, 2.45) is 0 Å².